The van der Waals surface area contributed by atoms with Gasteiger partial charge in [-0.2, -0.15) is 0 Å². The minimum atomic E-state index is -1.13. The molecule has 0 aliphatic rings. The molecule has 4 aromatic rings. The van der Waals surface area contributed by atoms with Crippen LogP contribution in [0.2, 0.25) is 5.02 Å². The monoisotopic (exact) mass is 471 g/mol. The SMILES string of the molecule is O=C(CCC(=O)O[C@H](C(=O)c1ccccc1)c1ccc(Cl)cc1)Nc1cccc2ccccc12. The fraction of sp³-hybridized carbons (Fsp3) is 0.107. The van der Waals surface area contributed by atoms with E-state index in [1.54, 1.807) is 54.6 Å². The first-order chi connectivity index (χ1) is 16.5. The fourth-order valence-corrected chi connectivity index (χ4v) is 3.74. The number of benzene rings is 4. The molecule has 0 aliphatic heterocycles. The minimum absolute atomic E-state index is 0.0745. The second-order valence-electron chi connectivity index (χ2n) is 7.73. The third-order valence-corrected chi connectivity index (χ3v) is 5.59. The molecule has 0 heterocycles. The highest BCUT2D eigenvalue weighted by Crippen LogP contribution is 2.26. The van der Waals surface area contributed by atoms with E-state index in [-0.39, 0.29) is 24.5 Å². The fourth-order valence-electron chi connectivity index (χ4n) is 3.62. The van der Waals surface area contributed by atoms with E-state index < -0.39 is 12.1 Å². The number of hydrogen-bond acceptors (Lipinski definition) is 4. The summed E-state index contributed by atoms with van der Waals surface area (Å²) in [6, 6.07) is 28.5. The molecule has 5 nitrogen and oxygen atoms in total. The van der Waals surface area contributed by atoms with Crippen molar-refractivity contribution in [1.82, 2.24) is 0 Å². The molecular weight excluding hydrogens is 450 g/mol. The molecular formula is C28H22ClNO4. The Morgan fingerprint density at radius 2 is 1.44 bits per heavy atom. The van der Waals surface area contributed by atoms with E-state index in [4.69, 9.17) is 16.3 Å². The van der Waals surface area contributed by atoms with Gasteiger partial charge < -0.3 is 10.1 Å². The maximum Gasteiger partial charge on any atom is 0.307 e. The maximum absolute atomic E-state index is 13.1. The lowest BCUT2D eigenvalue weighted by atomic mass is 10.00. The quantitative estimate of drug-likeness (QED) is 0.239. The number of hydrogen-bond donors (Lipinski definition) is 1. The van der Waals surface area contributed by atoms with Crippen LogP contribution in [0.3, 0.4) is 0 Å². The van der Waals surface area contributed by atoms with Crippen molar-refractivity contribution in [3.63, 3.8) is 0 Å². The molecule has 1 amide bonds. The summed E-state index contributed by atoms with van der Waals surface area (Å²) in [6.45, 7) is 0. The Kier molecular flexibility index (Phi) is 7.35. The highest BCUT2D eigenvalue weighted by Gasteiger charge is 2.26. The third kappa shape index (κ3) is 5.69. The zero-order chi connectivity index (χ0) is 23.9. The predicted molar refractivity (Wildman–Crippen MR) is 133 cm³/mol. The van der Waals surface area contributed by atoms with Crippen molar-refractivity contribution in [2.75, 3.05) is 5.32 Å². The molecule has 0 saturated heterocycles. The first-order valence-electron chi connectivity index (χ1n) is 10.8. The van der Waals surface area contributed by atoms with Gasteiger partial charge in [-0.1, -0.05) is 90.5 Å². The summed E-state index contributed by atoms with van der Waals surface area (Å²) < 4.78 is 5.55. The van der Waals surface area contributed by atoms with Crippen molar-refractivity contribution in [2.45, 2.75) is 18.9 Å². The van der Waals surface area contributed by atoms with Crippen LogP contribution >= 0.6 is 11.6 Å². The van der Waals surface area contributed by atoms with Gasteiger partial charge in [0.2, 0.25) is 11.7 Å². The molecule has 0 bridgehead atoms. The number of halogens is 1. The zero-order valence-corrected chi connectivity index (χ0v) is 19.0. The van der Waals surface area contributed by atoms with Crippen molar-refractivity contribution in [2.24, 2.45) is 0 Å². The Bertz CT molecular complexity index is 1310. The van der Waals surface area contributed by atoms with Gasteiger partial charge in [-0.3, -0.25) is 14.4 Å². The molecule has 0 aromatic heterocycles. The van der Waals surface area contributed by atoms with E-state index in [0.717, 1.165) is 10.8 Å². The molecule has 0 fully saturated rings. The molecule has 0 spiro atoms. The van der Waals surface area contributed by atoms with E-state index in [1.807, 2.05) is 42.5 Å². The Morgan fingerprint density at radius 1 is 0.765 bits per heavy atom. The lowest BCUT2D eigenvalue weighted by Gasteiger charge is -2.18. The van der Waals surface area contributed by atoms with Crippen LogP contribution in [0.4, 0.5) is 5.69 Å². The molecule has 6 heteroatoms. The minimum Gasteiger partial charge on any atom is -0.449 e. The number of fused-ring (bicyclic) bond motifs is 1. The average molecular weight is 472 g/mol. The number of amides is 1. The Morgan fingerprint density at radius 3 is 2.21 bits per heavy atom. The van der Waals surface area contributed by atoms with Crippen molar-refractivity contribution in [3.05, 3.63) is 113 Å². The summed E-state index contributed by atoms with van der Waals surface area (Å²) in [5, 5.41) is 5.28. The summed E-state index contributed by atoms with van der Waals surface area (Å²) in [5.74, 6) is -1.31. The number of carbonyl (C=O) groups is 3. The summed E-state index contributed by atoms with van der Waals surface area (Å²) in [7, 11) is 0. The second-order valence-corrected chi connectivity index (χ2v) is 8.16. The summed E-state index contributed by atoms with van der Waals surface area (Å²) in [5.41, 5.74) is 1.60. The lowest BCUT2D eigenvalue weighted by molar-refractivity contribution is -0.148. The van der Waals surface area contributed by atoms with Crippen LogP contribution < -0.4 is 5.32 Å². The molecule has 0 aliphatic carbocycles. The molecule has 4 aromatic carbocycles. The smallest absolute Gasteiger partial charge is 0.307 e. The molecule has 0 unspecified atom stereocenters. The van der Waals surface area contributed by atoms with Gasteiger partial charge in [-0.25, -0.2) is 0 Å². The maximum atomic E-state index is 13.1. The molecule has 1 atom stereocenters. The van der Waals surface area contributed by atoms with E-state index in [2.05, 4.69) is 5.32 Å². The highest BCUT2D eigenvalue weighted by atomic mass is 35.5. The van der Waals surface area contributed by atoms with Crippen molar-refractivity contribution < 1.29 is 19.1 Å². The highest BCUT2D eigenvalue weighted by molar-refractivity contribution is 6.30. The van der Waals surface area contributed by atoms with Crippen LogP contribution in [-0.4, -0.2) is 17.7 Å². The number of rotatable bonds is 8. The molecule has 34 heavy (non-hydrogen) atoms. The topological polar surface area (TPSA) is 72.5 Å². The summed E-state index contributed by atoms with van der Waals surface area (Å²) in [4.78, 5) is 38.2. The van der Waals surface area contributed by atoms with Crippen LogP contribution in [0, 0.1) is 0 Å². The van der Waals surface area contributed by atoms with E-state index in [9.17, 15) is 14.4 Å². The zero-order valence-electron chi connectivity index (χ0n) is 18.2. The standard InChI is InChI=1S/C28H22ClNO4/c29-22-15-13-21(14-16-22)28(27(33)20-8-2-1-3-9-20)34-26(32)18-17-25(31)30-24-12-6-10-19-7-4-5-11-23(19)24/h1-16,28H,17-18H2,(H,30,31)/t28-/m0/s1. The predicted octanol–water partition coefficient (Wildman–Crippen LogP) is 6.38. The van der Waals surface area contributed by atoms with Crippen molar-refractivity contribution in [3.8, 4) is 0 Å². The largest absolute Gasteiger partial charge is 0.449 e. The van der Waals surface area contributed by atoms with Crippen LogP contribution in [0.1, 0.15) is 34.9 Å². The number of ketones is 1. The van der Waals surface area contributed by atoms with Crippen molar-refractivity contribution >= 4 is 45.7 Å². The first-order valence-corrected chi connectivity index (χ1v) is 11.2. The Hall–Kier alpha value is -3.96. The number of carbonyl (C=O) groups excluding carboxylic acids is 3. The number of esters is 1. The molecule has 1 N–H and O–H groups in total. The first kappa shape index (κ1) is 23.2. The Balaban J connectivity index is 1.42. The summed E-state index contributed by atoms with van der Waals surface area (Å²) >= 11 is 5.97. The van der Waals surface area contributed by atoms with E-state index >= 15 is 0 Å². The molecule has 4 rings (SSSR count). The number of Topliss-reactive ketones (excluding diaryl/α,β-unsaturated/α-hetero) is 1. The summed E-state index contributed by atoms with van der Waals surface area (Å²) in [6.07, 6.45) is -1.37. The number of ether oxygens (including phenoxy) is 1. The molecule has 0 saturated carbocycles. The van der Waals surface area contributed by atoms with Crippen LogP contribution in [0.5, 0.6) is 0 Å². The van der Waals surface area contributed by atoms with Crippen LogP contribution in [0.25, 0.3) is 10.8 Å². The number of nitrogens with one attached hydrogen (secondary N) is 1. The van der Waals surface area contributed by atoms with Crippen LogP contribution in [0.15, 0.2) is 97.1 Å². The van der Waals surface area contributed by atoms with E-state index in [1.165, 1.54) is 0 Å². The molecule has 0 radical (unpaired) electrons. The lowest BCUT2D eigenvalue weighted by Crippen LogP contribution is -2.21. The van der Waals surface area contributed by atoms with E-state index in [0.29, 0.717) is 21.8 Å². The van der Waals surface area contributed by atoms with Gasteiger partial charge in [0, 0.05) is 33.6 Å². The van der Waals surface area contributed by atoms with Gasteiger partial charge in [0.25, 0.3) is 0 Å². The second kappa shape index (κ2) is 10.8. The van der Waals surface area contributed by atoms with Gasteiger partial charge in [0.1, 0.15) is 0 Å². The van der Waals surface area contributed by atoms with Gasteiger partial charge >= 0.3 is 5.97 Å². The number of anilines is 1. The average Bonchev–Trinajstić information content (AvgIpc) is 2.87. The van der Waals surface area contributed by atoms with Crippen molar-refractivity contribution in [1.29, 1.82) is 0 Å². The van der Waals surface area contributed by atoms with Gasteiger partial charge in [-0.05, 0) is 23.6 Å². The van der Waals surface area contributed by atoms with Gasteiger partial charge in [0.15, 0.2) is 6.10 Å². The van der Waals surface area contributed by atoms with Gasteiger partial charge in [0.05, 0.1) is 6.42 Å². The normalized spacial score (nSPS) is 11.6. The molecule has 170 valence electrons. The third-order valence-electron chi connectivity index (χ3n) is 5.34. The Labute approximate surface area is 202 Å². The van der Waals surface area contributed by atoms with Crippen LogP contribution in [-0.2, 0) is 14.3 Å². The van der Waals surface area contributed by atoms with Gasteiger partial charge in [-0.15, -0.1) is 0 Å².